The summed E-state index contributed by atoms with van der Waals surface area (Å²) in [5, 5.41) is 2.96. The Morgan fingerprint density at radius 1 is 1.08 bits per heavy atom. The molecule has 0 unspecified atom stereocenters. The molecule has 0 saturated carbocycles. The maximum absolute atomic E-state index is 12.5. The van der Waals surface area contributed by atoms with Crippen LogP contribution in [0, 0.1) is 0 Å². The molecule has 2 rings (SSSR count). The van der Waals surface area contributed by atoms with E-state index in [1.165, 1.54) is 13.2 Å². The summed E-state index contributed by atoms with van der Waals surface area (Å²) in [5.41, 5.74) is 7.35. The average molecular weight is 365 g/mol. The van der Waals surface area contributed by atoms with Crippen LogP contribution in [0.4, 0.5) is 14.5 Å². The number of para-hydroxylation sites is 2. The summed E-state index contributed by atoms with van der Waals surface area (Å²) in [5.74, 6) is 1.11. The van der Waals surface area contributed by atoms with E-state index in [-0.39, 0.29) is 17.5 Å². The van der Waals surface area contributed by atoms with Gasteiger partial charge in [0.15, 0.2) is 17.5 Å². The van der Waals surface area contributed by atoms with E-state index in [9.17, 15) is 8.78 Å². The number of nitrogens with zero attached hydrogens (tertiary/aromatic N) is 1. The van der Waals surface area contributed by atoms with Crippen molar-refractivity contribution >= 4 is 11.6 Å². The van der Waals surface area contributed by atoms with Gasteiger partial charge in [-0.2, -0.15) is 8.78 Å². The molecule has 0 bridgehead atoms. The number of halogens is 2. The van der Waals surface area contributed by atoms with Crippen LogP contribution in [0.3, 0.4) is 0 Å². The second-order valence-electron chi connectivity index (χ2n) is 5.21. The van der Waals surface area contributed by atoms with E-state index in [4.69, 9.17) is 15.2 Å². The van der Waals surface area contributed by atoms with Crippen LogP contribution >= 0.6 is 0 Å². The first-order valence-corrected chi connectivity index (χ1v) is 7.85. The molecule has 0 heterocycles. The summed E-state index contributed by atoms with van der Waals surface area (Å²) < 4.78 is 39.6. The number of guanidine groups is 1. The molecule has 0 atom stereocenters. The molecule has 0 fully saturated rings. The molecule has 2 aromatic rings. The summed E-state index contributed by atoms with van der Waals surface area (Å²) in [6.07, 6.45) is 0.498. The Morgan fingerprint density at radius 3 is 2.50 bits per heavy atom. The van der Waals surface area contributed by atoms with Gasteiger partial charge in [-0.25, -0.2) is 0 Å². The highest BCUT2D eigenvalue weighted by Gasteiger charge is 2.11. The average Bonchev–Trinajstić information content (AvgIpc) is 2.62. The molecule has 0 aliphatic rings. The maximum atomic E-state index is 12.5. The highest BCUT2D eigenvalue weighted by molar-refractivity contribution is 5.93. The Hall–Kier alpha value is -3.03. The lowest BCUT2D eigenvalue weighted by atomic mass is 10.1. The predicted octanol–water partition coefficient (Wildman–Crippen LogP) is 3.27. The Morgan fingerprint density at radius 2 is 1.81 bits per heavy atom. The van der Waals surface area contributed by atoms with Crippen molar-refractivity contribution < 1.29 is 23.0 Å². The number of benzene rings is 2. The van der Waals surface area contributed by atoms with Gasteiger partial charge in [-0.15, -0.1) is 0 Å². The smallest absolute Gasteiger partial charge is 0.387 e. The highest BCUT2D eigenvalue weighted by atomic mass is 19.3. The molecule has 0 amide bonds. The molecule has 0 aliphatic heterocycles. The summed E-state index contributed by atoms with van der Waals surface area (Å²) in [4.78, 5) is 4.23. The van der Waals surface area contributed by atoms with Crippen LogP contribution in [0.1, 0.15) is 5.56 Å². The number of anilines is 1. The molecule has 0 saturated heterocycles. The minimum atomic E-state index is -2.92. The molecule has 26 heavy (non-hydrogen) atoms. The molecule has 0 aliphatic carbocycles. The monoisotopic (exact) mass is 365 g/mol. The van der Waals surface area contributed by atoms with Crippen molar-refractivity contribution in [2.45, 2.75) is 13.0 Å². The normalized spacial score (nSPS) is 11.3. The van der Waals surface area contributed by atoms with E-state index in [0.717, 1.165) is 5.56 Å². The third-order valence-electron chi connectivity index (χ3n) is 3.50. The van der Waals surface area contributed by atoms with Gasteiger partial charge in [-0.1, -0.05) is 18.2 Å². The fourth-order valence-corrected chi connectivity index (χ4v) is 2.30. The van der Waals surface area contributed by atoms with Crippen LogP contribution in [0.25, 0.3) is 0 Å². The lowest BCUT2D eigenvalue weighted by Crippen LogP contribution is -2.23. The molecule has 6 nitrogen and oxygen atoms in total. The summed E-state index contributed by atoms with van der Waals surface area (Å²) in [7, 11) is 2.96. The number of nitrogens with one attached hydrogen (secondary N) is 1. The Labute approximate surface area is 150 Å². The van der Waals surface area contributed by atoms with Crippen molar-refractivity contribution in [3.8, 4) is 17.2 Å². The van der Waals surface area contributed by atoms with Gasteiger partial charge in [-0.05, 0) is 36.2 Å². The Kier molecular flexibility index (Phi) is 7.02. The third-order valence-corrected chi connectivity index (χ3v) is 3.50. The first-order chi connectivity index (χ1) is 12.5. The Bertz CT molecular complexity index is 754. The van der Waals surface area contributed by atoms with Crippen molar-refractivity contribution in [1.29, 1.82) is 0 Å². The first kappa shape index (κ1) is 19.3. The fraction of sp³-hybridized carbons (Fsp3) is 0.278. The van der Waals surface area contributed by atoms with Gasteiger partial charge in [0.2, 0.25) is 0 Å². The van der Waals surface area contributed by atoms with Crippen LogP contribution < -0.4 is 25.3 Å². The molecule has 8 heteroatoms. The first-order valence-electron chi connectivity index (χ1n) is 7.85. The van der Waals surface area contributed by atoms with Crippen molar-refractivity contribution in [2.24, 2.45) is 10.7 Å². The van der Waals surface area contributed by atoms with Crippen molar-refractivity contribution in [3.05, 3.63) is 48.0 Å². The molecule has 3 N–H and O–H groups in total. The molecular formula is C18H21F2N3O3. The number of ether oxygens (including phenoxy) is 3. The number of aliphatic imine (C=N–C) groups is 1. The van der Waals surface area contributed by atoms with E-state index in [2.05, 4.69) is 15.0 Å². The molecular weight excluding hydrogens is 344 g/mol. The fourth-order valence-electron chi connectivity index (χ4n) is 2.30. The number of rotatable bonds is 8. The van der Waals surface area contributed by atoms with Gasteiger partial charge in [-0.3, -0.25) is 4.99 Å². The number of methoxy groups -OCH3 is 2. The SMILES string of the molecule is COc1ccccc1NC(N)=NCCc1ccc(OC)c(OC(F)F)c1. The van der Waals surface area contributed by atoms with Crippen LogP contribution in [0.5, 0.6) is 17.2 Å². The number of nitrogens with two attached hydrogens (primary N) is 1. The third kappa shape index (κ3) is 5.51. The van der Waals surface area contributed by atoms with Crippen molar-refractivity contribution in [1.82, 2.24) is 0 Å². The van der Waals surface area contributed by atoms with Crippen LogP contribution in [0.15, 0.2) is 47.5 Å². The molecule has 0 aromatic heterocycles. The number of hydrogen-bond donors (Lipinski definition) is 2. The maximum Gasteiger partial charge on any atom is 0.387 e. The lowest BCUT2D eigenvalue weighted by Gasteiger charge is -2.11. The largest absolute Gasteiger partial charge is 0.495 e. The van der Waals surface area contributed by atoms with E-state index in [1.807, 2.05) is 18.2 Å². The van der Waals surface area contributed by atoms with Crippen molar-refractivity contribution in [3.63, 3.8) is 0 Å². The highest BCUT2D eigenvalue weighted by Crippen LogP contribution is 2.29. The second kappa shape index (κ2) is 9.45. The topological polar surface area (TPSA) is 78.1 Å². The number of hydrogen-bond acceptors (Lipinski definition) is 4. The summed E-state index contributed by atoms with van der Waals surface area (Å²) >= 11 is 0. The van der Waals surface area contributed by atoms with Gasteiger partial charge in [0.1, 0.15) is 5.75 Å². The molecule has 0 spiro atoms. The van der Waals surface area contributed by atoms with Gasteiger partial charge in [0.05, 0.1) is 19.9 Å². The predicted molar refractivity (Wildman–Crippen MR) is 96.4 cm³/mol. The van der Waals surface area contributed by atoms with Crippen LogP contribution in [0.2, 0.25) is 0 Å². The Balaban J connectivity index is 1.98. The second-order valence-corrected chi connectivity index (χ2v) is 5.21. The van der Waals surface area contributed by atoms with Gasteiger partial charge >= 0.3 is 6.61 Å². The zero-order valence-corrected chi connectivity index (χ0v) is 14.5. The van der Waals surface area contributed by atoms with Crippen LogP contribution in [-0.2, 0) is 6.42 Å². The minimum absolute atomic E-state index is 0.0101. The van der Waals surface area contributed by atoms with E-state index in [0.29, 0.717) is 24.4 Å². The standard InChI is InChI=1S/C18H21F2N3O3/c1-24-14-6-4-3-5-13(14)23-18(21)22-10-9-12-7-8-15(25-2)16(11-12)26-17(19)20/h3-8,11,17H,9-10H2,1-2H3,(H3,21,22,23). The molecule has 140 valence electrons. The lowest BCUT2D eigenvalue weighted by molar-refractivity contribution is -0.0512. The molecule has 0 radical (unpaired) electrons. The van der Waals surface area contributed by atoms with E-state index >= 15 is 0 Å². The zero-order valence-electron chi connectivity index (χ0n) is 14.5. The molecule has 2 aromatic carbocycles. The number of alkyl halides is 2. The van der Waals surface area contributed by atoms with E-state index in [1.54, 1.807) is 25.3 Å². The minimum Gasteiger partial charge on any atom is -0.495 e. The van der Waals surface area contributed by atoms with Crippen molar-refractivity contribution in [2.75, 3.05) is 26.1 Å². The van der Waals surface area contributed by atoms with Gasteiger partial charge < -0.3 is 25.3 Å². The quantitative estimate of drug-likeness (QED) is 0.554. The van der Waals surface area contributed by atoms with Gasteiger partial charge in [0.25, 0.3) is 0 Å². The van der Waals surface area contributed by atoms with Gasteiger partial charge in [0, 0.05) is 6.54 Å². The zero-order chi connectivity index (χ0) is 18.9. The van der Waals surface area contributed by atoms with Crippen LogP contribution in [-0.4, -0.2) is 33.3 Å². The summed E-state index contributed by atoms with van der Waals surface area (Å²) in [6, 6.07) is 12.2. The van der Waals surface area contributed by atoms with E-state index < -0.39 is 6.61 Å². The summed E-state index contributed by atoms with van der Waals surface area (Å²) in [6.45, 7) is -2.55.